The Balaban J connectivity index is 2.38. The van der Waals surface area contributed by atoms with Gasteiger partial charge < -0.3 is 0 Å². The van der Waals surface area contributed by atoms with E-state index in [0.29, 0.717) is 12.5 Å². The van der Waals surface area contributed by atoms with Crippen molar-refractivity contribution in [2.75, 3.05) is 6.54 Å². The first-order chi connectivity index (χ1) is 8.82. The van der Waals surface area contributed by atoms with Crippen LogP contribution in [0.25, 0.3) is 0 Å². The monoisotopic (exact) mass is 349 g/mol. The summed E-state index contributed by atoms with van der Waals surface area (Å²) in [7, 11) is -3.61. The third-order valence-electron chi connectivity index (χ3n) is 3.56. The van der Waals surface area contributed by atoms with E-state index in [1.54, 1.807) is 0 Å². The van der Waals surface area contributed by atoms with Gasteiger partial charge in [0.05, 0.1) is 9.37 Å². The summed E-state index contributed by atoms with van der Waals surface area (Å²) in [5.41, 5.74) is 0. The zero-order valence-electron chi connectivity index (χ0n) is 10.9. The molecule has 0 amide bonds. The standard InChI is InChI=1S/C13H17BrFNO2S/c1-9-3-4-10(2)16(8-9)19(17,18)11-5-6-12(14)13(15)7-11/h5-7,9-10H,3-4,8H2,1-2H3. The SMILES string of the molecule is CC1CCC(C)N(S(=O)(=O)c2ccc(Br)c(F)c2)C1. The maximum absolute atomic E-state index is 13.5. The van der Waals surface area contributed by atoms with Crippen molar-refractivity contribution < 1.29 is 12.8 Å². The van der Waals surface area contributed by atoms with Crippen LogP contribution in [0.1, 0.15) is 26.7 Å². The van der Waals surface area contributed by atoms with Crippen LogP contribution in [-0.2, 0) is 10.0 Å². The molecule has 0 saturated carbocycles. The van der Waals surface area contributed by atoms with E-state index < -0.39 is 15.8 Å². The molecule has 1 saturated heterocycles. The Labute approximate surface area is 122 Å². The quantitative estimate of drug-likeness (QED) is 0.820. The fraction of sp³-hybridized carbons (Fsp3) is 0.538. The van der Waals surface area contributed by atoms with Crippen LogP contribution >= 0.6 is 15.9 Å². The fourth-order valence-corrected chi connectivity index (χ4v) is 4.40. The average molecular weight is 350 g/mol. The second-order valence-corrected chi connectivity index (χ2v) is 7.93. The normalized spacial score (nSPS) is 25.5. The number of hydrogen-bond donors (Lipinski definition) is 0. The van der Waals surface area contributed by atoms with Crippen LogP contribution < -0.4 is 0 Å². The van der Waals surface area contributed by atoms with Gasteiger partial charge in [0.15, 0.2) is 0 Å². The van der Waals surface area contributed by atoms with Crippen LogP contribution in [0.5, 0.6) is 0 Å². The predicted molar refractivity (Wildman–Crippen MR) is 75.9 cm³/mol. The van der Waals surface area contributed by atoms with E-state index in [9.17, 15) is 12.8 Å². The van der Waals surface area contributed by atoms with Gasteiger partial charge in [0.25, 0.3) is 0 Å². The predicted octanol–water partition coefficient (Wildman–Crippen LogP) is 3.40. The van der Waals surface area contributed by atoms with Gasteiger partial charge in [0.1, 0.15) is 5.82 Å². The summed E-state index contributed by atoms with van der Waals surface area (Å²) >= 11 is 3.03. The molecule has 0 aliphatic carbocycles. The second kappa shape index (κ2) is 5.50. The summed E-state index contributed by atoms with van der Waals surface area (Å²) in [6, 6.07) is 3.91. The van der Waals surface area contributed by atoms with Gasteiger partial charge in [-0.15, -0.1) is 0 Å². The molecule has 1 aliphatic heterocycles. The first-order valence-corrected chi connectivity index (χ1v) is 8.52. The van der Waals surface area contributed by atoms with Crippen molar-refractivity contribution in [1.29, 1.82) is 0 Å². The summed E-state index contributed by atoms with van der Waals surface area (Å²) in [5, 5.41) is 0. The Bertz CT molecular complexity index is 576. The van der Waals surface area contributed by atoms with Crippen molar-refractivity contribution in [3.8, 4) is 0 Å². The van der Waals surface area contributed by atoms with Crippen molar-refractivity contribution in [3.63, 3.8) is 0 Å². The number of hydrogen-bond acceptors (Lipinski definition) is 2. The Kier molecular flexibility index (Phi) is 4.32. The van der Waals surface area contributed by atoms with Crippen molar-refractivity contribution in [1.82, 2.24) is 4.31 Å². The van der Waals surface area contributed by atoms with Crippen LogP contribution in [0.4, 0.5) is 4.39 Å². The lowest BCUT2D eigenvalue weighted by atomic mass is 9.97. The molecule has 6 heteroatoms. The minimum Gasteiger partial charge on any atom is -0.207 e. The van der Waals surface area contributed by atoms with E-state index in [1.165, 1.54) is 16.4 Å². The molecule has 2 unspecified atom stereocenters. The van der Waals surface area contributed by atoms with Crippen LogP contribution in [0, 0.1) is 11.7 Å². The Hall–Kier alpha value is -0.460. The molecule has 1 aromatic rings. The van der Waals surface area contributed by atoms with E-state index in [0.717, 1.165) is 18.9 Å². The zero-order valence-corrected chi connectivity index (χ0v) is 13.3. The number of benzene rings is 1. The van der Waals surface area contributed by atoms with Crippen LogP contribution in [-0.4, -0.2) is 25.3 Å². The molecule has 106 valence electrons. The van der Waals surface area contributed by atoms with Gasteiger partial charge in [-0.1, -0.05) is 6.92 Å². The second-order valence-electron chi connectivity index (χ2n) is 5.18. The first kappa shape index (κ1) is 14.9. The van der Waals surface area contributed by atoms with E-state index in [-0.39, 0.29) is 15.4 Å². The Morgan fingerprint density at radius 2 is 2.00 bits per heavy atom. The number of halogens is 2. The zero-order chi connectivity index (χ0) is 14.2. The van der Waals surface area contributed by atoms with Crippen LogP contribution in [0.3, 0.4) is 0 Å². The maximum Gasteiger partial charge on any atom is 0.243 e. The third-order valence-corrected chi connectivity index (χ3v) is 6.18. The summed E-state index contributed by atoms with van der Waals surface area (Å²) in [5.74, 6) is -0.218. The average Bonchev–Trinajstić information content (AvgIpc) is 2.35. The van der Waals surface area contributed by atoms with Gasteiger partial charge in [0.2, 0.25) is 10.0 Å². The lowest BCUT2D eigenvalue weighted by molar-refractivity contribution is 0.218. The van der Waals surface area contributed by atoms with Gasteiger partial charge in [-0.3, -0.25) is 0 Å². The van der Waals surface area contributed by atoms with Gasteiger partial charge in [0, 0.05) is 12.6 Å². The van der Waals surface area contributed by atoms with Crippen molar-refractivity contribution >= 4 is 26.0 Å². The molecule has 0 aromatic heterocycles. The molecule has 0 radical (unpaired) electrons. The number of nitrogens with zero attached hydrogens (tertiary/aromatic N) is 1. The topological polar surface area (TPSA) is 37.4 Å². The molecular weight excluding hydrogens is 333 g/mol. The molecule has 2 rings (SSSR count). The summed E-state index contributed by atoms with van der Waals surface area (Å²) in [6.07, 6.45) is 1.88. The highest BCUT2D eigenvalue weighted by molar-refractivity contribution is 9.10. The van der Waals surface area contributed by atoms with Crippen LogP contribution in [0.15, 0.2) is 27.6 Å². The van der Waals surface area contributed by atoms with E-state index in [1.807, 2.05) is 13.8 Å². The molecule has 0 spiro atoms. The number of rotatable bonds is 2. The summed E-state index contributed by atoms with van der Waals surface area (Å²) in [6.45, 7) is 4.44. The third kappa shape index (κ3) is 3.01. The molecule has 1 aromatic carbocycles. The molecule has 1 heterocycles. The van der Waals surface area contributed by atoms with Crippen molar-refractivity contribution in [2.24, 2.45) is 5.92 Å². The van der Waals surface area contributed by atoms with Crippen LogP contribution in [0.2, 0.25) is 0 Å². The van der Waals surface area contributed by atoms with E-state index in [4.69, 9.17) is 0 Å². The molecule has 0 N–H and O–H groups in total. The molecule has 3 nitrogen and oxygen atoms in total. The minimum absolute atomic E-state index is 0.0224. The van der Waals surface area contributed by atoms with E-state index in [2.05, 4.69) is 15.9 Å². The number of sulfonamides is 1. The van der Waals surface area contributed by atoms with Crippen molar-refractivity contribution in [2.45, 2.75) is 37.6 Å². The minimum atomic E-state index is -3.61. The molecular formula is C13H17BrFNO2S. The van der Waals surface area contributed by atoms with Gasteiger partial charge in [-0.25, -0.2) is 12.8 Å². The van der Waals surface area contributed by atoms with E-state index >= 15 is 0 Å². The molecule has 2 atom stereocenters. The lowest BCUT2D eigenvalue weighted by Crippen LogP contribution is -2.44. The molecule has 1 fully saturated rings. The van der Waals surface area contributed by atoms with Crippen molar-refractivity contribution in [3.05, 3.63) is 28.5 Å². The molecule has 19 heavy (non-hydrogen) atoms. The summed E-state index contributed by atoms with van der Waals surface area (Å²) < 4.78 is 40.4. The first-order valence-electron chi connectivity index (χ1n) is 6.29. The smallest absolute Gasteiger partial charge is 0.207 e. The summed E-state index contributed by atoms with van der Waals surface area (Å²) in [4.78, 5) is 0.0224. The highest BCUT2D eigenvalue weighted by Gasteiger charge is 2.33. The Morgan fingerprint density at radius 1 is 1.32 bits per heavy atom. The van der Waals surface area contributed by atoms with Gasteiger partial charge in [-0.2, -0.15) is 4.31 Å². The Morgan fingerprint density at radius 3 is 2.63 bits per heavy atom. The molecule has 1 aliphatic rings. The van der Waals surface area contributed by atoms with Gasteiger partial charge in [-0.05, 0) is 59.8 Å². The number of piperidine rings is 1. The fourth-order valence-electron chi connectivity index (χ4n) is 2.36. The van der Waals surface area contributed by atoms with Gasteiger partial charge >= 0.3 is 0 Å². The largest absolute Gasteiger partial charge is 0.243 e. The molecule has 0 bridgehead atoms. The lowest BCUT2D eigenvalue weighted by Gasteiger charge is -2.35. The maximum atomic E-state index is 13.5. The highest BCUT2D eigenvalue weighted by atomic mass is 79.9. The highest BCUT2D eigenvalue weighted by Crippen LogP contribution is 2.29.